The first-order chi connectivity index (χ1) is 5.75. The van der Waals surface area contributed by atoms with Crippen molar-refractivity contribution in [1.29, 1.82) is 0 Å². The van der Waals surface area contributed by atoms with E-state index in [1.807, 2.05) is 13.8 Å². The summed E-state index contributed by atoms with van der Waals surface area (Å²) in [6.07, 6.45) is 5.33. The predicted octanol–water partition coefficient (Wildman–Crippen LogP) is 2.92. The summed E-state index contributed by atoms with van der Waals surface area (Å²) < 4.78 is 0. The second-order valence-corrected chi connectivity index (χ2v) is 2.91. The maximum Gasteiger partial charge on any atom is 0.0650 e. The van der Waals surface area contributed by atoms with Crippen molar-refractivity contribution in [3.8, 4) is 0 Å². The molecule has 0 aromatic heterocycles. The van der Waals surface area contributed by atoms with Crippen molar-refractivity contribution in [2.24, 2.45) is 5.92 Å². The molecule has 0 fully saturated rings. The zero-order valence-electron chi connectivity index (χ0n) is 8.59. The molecule has 0 bridgehead atoms. The molecule has 0 saturated carbocycles. The van der Waals surface area contributed by atoms with Crippen molar-refractivity contribution in [2.75, 3.05) is 6.61 Å². The van der Waals surface area contributed by atoms with E-state index < -0.39 is 0 Å². The molecule has 1 rings (SSSR count). The van der Waals surface area contributed by atoms with E-state index in [4.69, 9.17) is 5.11 Å². The van der Waals surface area contributed by atoms with Gasteiger partial charge in [-0.1, -0.05) is 32.9 Å². The Morgan fingerprint density at radius 3 is 2.42 bits per heavy atom. The molecule has 0 aromatic rings. The number of aliphatic hydroxyl groups excluding tert-OH is 1. The Morgan fingerprint density at radius 2 is 2.08 bits per heavy atom. The van der Waals surface area contributed by atoms with E-state index in [1.165, 1.54) is 11.1 Å². The van der Waals surface area contributed by atoms with E-state index in [-0.39, 0.29) is 6.61 Å². The molecule has 0 aromatic carbocycles. The zero-order chi connectivity index (χ0) is 9.56. The summed E-state index contributed by atoms with van der Waals surface area (Å²) in [6.45, 7) is 8.42. The van der Waals surface area contributed by atoms with Crippen LogP contribution in [0.15, 0.2) is 23.3 Å². The highest BCUT2D eigenvalue weighted by atomic mass is 16.3. The van der Waals surface area contributed by atoms with Gasteiger partial charge in [0.2, 0.25) is 0 Å². The van der Waals surface area contributed by atoms with Crippen molar-refractivity contribution in [3.05, 3.63) is 23.3 Å². The molecule has 12 heavy (non-hydrogen) atoms. The van der Waals surface area contributed by atoms with Crippen LogP contribution in [-0.2, 0) is 0 Å². The highest BCUT2D eigenvalue weighted by molar-refractivity contribution is 5.29. The van der Waals surface area contributed by atoms with Crippen LogP contribution in [0.4, 0.5) is 0 Å². The quantitative estimate of drug-likeness (QED) is 0.638. The largest absolute Gasteiger partial charge is 0.392 e. The van der Waals surface area contributed by atoms with Gasteiger partial charge in [-0.05, 0) is 30.4 Å². The molecule has 0 amide bonds. The Labute approximate surface area is 75.8 Å². The fraction of sp³-hybridized carbons (Fsp3) is 0.636. The highest BCUT2D eigenvalue weighted by Gasteiger charge is 2.11. The van der Waals surface area contributed by atoms with Crippen molar-refractivity contribution in [2.45, 2.75) is 34.1 Å². The molecule has 1 unspecified atom stereocenters. The molecule has 0 saturated heterocycles. The summed E-state index contributed by atoms with van der Waals surface area (Å²) in [7, 11) is 0. The zero-order valence-corrected chi connectivity index (χ0v) is 8.59. The van der Waals surface area contributed by atoms with Crippen LogP contribution in [-0.4, -0.2) is 11.7 Å². The monoisotopic (exact) mass is 168 g/mol. The van der Waals surface area contributed by atoms with Crippen LogP contribution in [0.2, 0.25) is 0 Å². The lowest BCUT2D eigenvalue weighted by Crippen LogP contribution is -2.07. The van der Waals surface area contributed by atoms with Crippen LogP contribution in [0, 0.1) is 5.92 Å². The van der Waals surface area contributed by atoms with E-state index in [1.54, 1.807) is 0 Å². The average molecular weight is 168 g/mol. The lowest BCUT2D eigenvalue weighted by Gasteiger charge is -2.17. The molecular formula is C11H20O. The molecule has 0 heterocycles. The highest BCUT2D eigenvalue weighted by Crippen LogP contribution is 2.23. The third kappa shape index (κ3) is 2.82. The van der Waals surface area contributed by atoms with Crippen LogP contribution in [0.25, 0.3) is 0 Å². The van der Waals surface area contributed by atoms with Gasteiger partial charge in [-0.3, -0.25) is 0 Å². The number of allylic oxidation sites excluding steroid dienone is 3. The van der Waals surface area contributed by atoms with Crippen LogP contribution in [0.1, 0.15) is 34.1 Å². The minimum absolute atomic E-state index is 0.220. The first-order valence-electron chi connectivity index (χ1n) is 4.72. The van der Waals surface area contributed by atoms with Gasteiger partial charge < -0.3 is 5.11 Å². The van der Waals surface area contributed by atoms with Crippen LogP contribution < -0.4 is 0 Å². The summed E-state index contributed by atoms with van der Waals surface area (Å²) in [4.78, 5) is 0. The molecule has 1 aliphatic rings. The van der Waals surface area contributed by atoms with Gasteiger partial charge in [0.1, 0.15) is 0 Å². The fourth-order valence-corrected chi connectivity index (χ4v) is 1.37. The molecule has 70 valence electrons. The summed E-state index contributed by atoms with van der Waals surface area (Å²) in [6, 6.07) is 0. The van der Waals surface area contributed by atoms with E-state index >= 15 is 0 Å². The lowest BCUT2D eigenvalue weighted by atomic mass is 9.90. The third-order valence-corrected chi connectivity index (χ3v) is 2.13. The molecule has 0 spiro atoms. The lowest BCUT2D eigenvalue weighted by molar-refractivity contribution is 0.314. The maximum atomic E-state index is 8.94. The standard InChI is InChI=1S/C9H14O.C2H6/c1-7-4-3-5-8(2)9(7)6-10;1-2/h3-4,8,10H,5-6H2,1-2H3;1-2H3. The number of hydrogen-bond donors (Lipinski definition) is 1. The predicted molar refractivity (Wildman–Crippen MR) is 54.1 cm³/mol. The molecule has 1 heteroatoms. The first kappa shape index (κ1) is 11.4. The molecule has 1 nitrogen and oxygen atoms in total. The number of hydrogen-bond acceptors (Lipinski definition) is 1. The Hall–Kier alpha value is -0.560. The molecular weight excluding hydrogens is 148 g/mol. The van der Waals surface area contributed by atoms with E-state index in [2.05, 4.69) is 26.0 Å². The average Bonchev–Trinajstić information content (AvgIpc) is 2.08. The van der Waals surface area contributed by atoms with Gasteiger partial charge >= 0.3 is 0 Å². The van der Waals surface area contributed by atoms with Crippen molar-refractivity contribution >= 4 is 0 Å². The second-order valence-electron chi connectivity index (χ2n) is 2.91. The van der Waals surface area contributed by atoms with Crippen LogP contribution in [0.5, 0.6) is 0 Å². The fourth-order valence-electron chi connectivity index (χ4n) is 1.37. The van der Waals surface area contributed by atoms with Gasteiger partial charge in [-0.2, -0.15) is 0 Å². The summed E-state index contributed by atoms with van der Waals surface area (Å²) in [5.41, 5.74) is 2.43. The normalized spacial score (nSPS) is 21.9. The second kappa shape index (κ2) is 6.01. The van der Waals surface area contributed by atoms with E-state index in [9.17, 15) is 0 Å². The smallest absolute Gasteiger partial charge is 0.0650 e. The molecule has 0 radical (unpaired) electrons. The Morgan fingerprint density at radius 1 is 1.50 bits per heavy atom. The van der Waals surface area contributed by atoms with Gasteiger partial charge in [-0.15, -0.1) is 0 Å². The van der Waals surface area contributed by atoms with E-state index in [0.717, 1.165) is 6.42 Å². The number of rotatable bonds is 1. The Balaban J connectivity index is 0.000000561. The number of aliphatic hydroxyl groups is 1. The SMILES string of the molecule is CC.CC1=C(CO)C(C)CC=C1. The Kier molecular flexibility index (Phi) is 5.73. The van der Waals surface area contributed by atoms with Gasteiger partial charge in [0.25, 0.3) is 0 Å². The molecule has 1 aliphatic carbocycles. The van der Waals surface area contributed by atoms with E-state index in [0.29, 0.717) is 5.92 Å². The Bertz CT molecular complexity index is 177. The van der Waals surface area contributed by atoms with Crippen molar-refractivity contribution < 1.29 is 5.11 Å². The van der Waals surface area contributed by atoms with Crippen LogP contribution >= 0.6 is 0 Å². The van der Waals surface area contributed by atoms with Crippen molar-refractivity contribution in [1.82, 2.24) is 0 Å². The molecule has 1 N–H and O–H groups in total. The van der Waals surface area contributed by atoms with Gasteiger partial charge in [-0.25, -0.2) is 0 Å². The minimum atomic E-state index is 0.220. The minimum Gasteiger partial charge on any atom is -0.392 e. The summed E-state index contributed by atoms with van der Waals surface area (Å²) in [5.74, 6) is 0.537. The van der Waals surface area contributed by atoms with Gasteiger partial charge in [0, 0.05) is 0 Å². The topological polar surface area (TPSA) is 20.2 Å². The van der Waals surface area contributed by atoms with Crippen LogP contribution in [0.3, 0.4) is 0 Å². The van der Waals surface area contributed by atoms with Gasteiger partial charge in [0.15, 0.2) is 0 Å². The maximum absolute atomic E-state index is 8.94. The third-order valence-electron chi connectivity index (χ3n) is 2.13. The first-order valence-corrected chi connectivity index (χ1v) is 4.72. The van der Waals surface area contributed by atoms with Gasteiger partial charge in [0.05, 0.1) is 6.61 Å². The summed E-state index contributed by atoms with van der Waals surface area (Å²) >= 11 is 0. The molecule has 0 aliphatic heterocycles. The molecule has 1 atom stereocenters. The summed E-state index contributed by atoms with van der Waals surface area (Å²) in [5, 5.41) is 8.94. The van der Waals surface area contributed by atoms with Crippen molar-refractivity contribution in [3.63, 3.8) is 0 Å².